The zero-order chi connectivity index (χ0) is 14.7. The van der Waals surface area contributed by atoms with Gasteiger partial charge in [0, 0.05) is 18.3 Å². The number of amides is 1. The molecule has 0 bridgehead atoms. The molecular weight excluding hydrogens is 295 g/mol. The van der Waals surface area contributed by atoms with Gasteiger partial charge in [-0.1, -0.05) is 29.3 Å². The average molecular weight is 309 g/mol. The lowest BCUT2D eigenvalue weighted by Gasteiger charge is -2.11. The summed E-state index contributed by atoms with van der Waals surface area (Å²) in [5, 5.41) is 6.60. The molecule has 2 rings (SSSR count). The third kappa shape index (κ3) is 3.06. The molecule has 2 aromatic carbocycles. The number of benzene rings is 2. The van der Waals surface area contributed by atoms with Crippen molar-refractivity contribution in [3.05, 3.63) is 57.6 Å². The summed E-state index contributed by atoms with van der Waals surface area (Å²) in [4.78, 5) is 12.3. The van der Waals surface area contributed by atoms with E-state index >= 15 is 0 Å². The van der Waals surface area contributed by atoms with Crippen LogP contribution in [0.15, 0.2) is 36.4 Å². The van der Waals surface area contributed by atoms with Crippen LogP contribution in [-0.2, 0) is 0 Å². The van der Waals surface area contributed by atoms with Crippen molar-refractivity contribution in [3.63, 3.8) is 0 Å². The molecule has 0 atom stereocenters. The Labute approximate surface area is 127 Å². The molecule has 3 nitrogen and oxygen atoms in total. The van der Waals surface area contributed by atoms with E-state index in [0.717, 1.165) is 11.3 Å². The minimum absolute atomic E-state index is 0.236. The highest BCUT2D eigenvalue weighted by atomic mass is 35.5. The smallest absolute Gasteiger partial charge is 0.256 e. The van der Waals surface area contributed by atoms with E-state index in [2.05, 4.69) is 10.6 Å². The van der Waals surface area contributed by atoms with Crippen LogP contribution < -0.4 is 10.6 Å². The Morgan fingerprint density at radius 2 is 1.75 bits per heavy atom. The van der Waals surface area contributed by atoms with E-state index in [9.17, 15) is 4.79 Å². The number of hydrogen-bond acceptors (Lipinski definition) is 2. The maximum Gasteiger partial charge on any atom is 0.256 e. The molecule has 0 radical (unpaired) electrons. The number of carbonyl (C=O) groups is 1. The van der Waals surface area contributed by atoms with Gasteiger partial charge >= 0.3 is 0 Å². The predicted molar refractivity (Wildman–Crippen MR) is 85.1 cm³/mol. The molecule has 1 amide bonds. The number of para-hydroxylation sites is 1. The van der Waals surface area contributed by atoms with Crippen molar-refractivity contribution in [3.8, 4) is 0 Å². The van der Waals surface area contributed by atoms with Gasteiger partial charge in [0.1, 0.15) is 0 Å². The highest BCUT2D eigenvalue weighted by Gasteiger charge is 2.13. The third-order valence-corrected chi connectivity index (χ3v) is 3.59. The van der Waals surface area contributed by atoms with E-state index in [1.54, 1.807) is 24.3 Å². The van der Waals surface area contributed by atoms with Crippen LogP contribution in [0.4, 0.5) is 11.4 Å². The van der Waals surface area contributed by atoms with Gasteiger partial charge in [-0.25, -0.2) is 0 Å². The van der Waals surface area contributed by atoms with E-state index in [1.807, 2.05) is 26.1 Å². The Bertz CT molecular complexity index is 636. The molecule has 0 heterocycles. The van der Waals surface area contributed by atoms with Crippen molar-refractivity contribution < 1.29 is 4.79 Å². The van der Waals surface area contributed by atoms with Crippen LogP contribution in [0.1, 0.15) is 15.9 Å². The van der Waals surface area contributed by atoms with Crippen LogP contribution in [0.3, 0.4) is 0 Å². The van der Waals surface area contributed by atoms with E-state index < -0.39 is 0 Å². The molecule has 0 unspecified atom stereocenters. The fourth-order valence-electron chi connectivity index (χ4n) is 1.87. The summed E-state index contributed by atoms with van der Waals surface area (Å²) in [5.74, 6) is -0.236. The van der Waals surface area contributed by atoms with Gasteiger partial charge < -0.3 is 10.6 Å². The fourth-order valence-corrected chi connectivity index (χ4v) is 2.36. The molecule has 2 aromatic rings. The molecule has 0 saturated heterocycles. The normalized spacial score (nSPS) is 10.2. The number of aryl methyl sites for hydroxylation is 1. The van der Waals surface area contributed by atoms with E-state index in [-0.39, 0.29) is 5.91 Å². The van der Waals surface area contributed by atoms with Gasteiger partial charge in [0.2, 0.25) is 0 Å². The topological polar surface area (TPSA) is 41.1 Å². The Balaban J connectivity index is 2.29. The predicted octanol–water partition coefficient (Wildman–Crippen LogP) is 4.60. The molecule has 0 aliphatic heterocycles. The number of hydrogen-bond donors (Lipinski definition) is 2. The van der Waals surface area contributed by atoms with Crippen molar-refractivity contribution in [1.82, 2.24) is 0 Å². The van der Waals surface area contributed by atoms with Gasteiger partial charge in [-0.05, 0) is 42.8 Å². The Kier molecular flexibility index (Phi) is 4.53. The van der Waals surface area contributed by atoms with E-state index in [0.29, 0.717) is 21.3 Å². The minimum Gasteiger partial charge on any atom is -0.388 e. The van der Waals surface area contributed by atoms with Crippen molar-refractivity contribution in [2.45, 2.75) is 6.92 Å². The lowest BCUT2D eigenvalue weighted by molar-refractivity contribution is 0.102. The first kappa shape index (κ1) is 14.7. The quantitative estimate of drug-likeness (QED) is 0.870. The summed E-state index contributed by atoms with van der Waals surface area (Å²) in [6, 6.07) is 10.6. The third-order valence-electron chi connectivity index (χ3n) is 2.96. The standard InChI is InChI=1S/C15H14Cl2N2O/c1-9-8-10(18-2)6-7-11(9)15(20)19-14-12(16)4-3-5-13(14)17/h3-8,18H,1-2H3,(H,19,20). The summed E-state index contributed by atoms with van der Waals surface area (Å²) in [5.41, 5.74) is 2.84. The molecule has 2 N–H and O–H groups in total. The van der Waals surface area contributed by atoms with Crippen LogP contribution in [0.25, 0.3) is 0 Å². The molecule has 0 saturated carbocycles. The number of rotatable bonds is 3. The van der Waals surface area contributed by atoms with Crippen LogP contribution in [-0.4, -0.2) is 13.0 Å². The molecule has 0 spiro atoms. The zero-order valence-corrected chi connectivity index (χ0v) is 12.6. The van der Waals surface area contributed by atoms with Gasteiger partial charge in [0.15, 0.2) is 0 Å². The Morgan fingerprint density at radius 3 is 2.30 bits per heavy atom. The summed E-state index contributed by atoms with van der Waals surface area (Å²) < 4.78 is 0. The van der Waals surface area contributed by atoms with Crippen molar-refractivity contribution in [2.24, 2.45) is 0 Å². The number of halogens is 2. The largest absolute Gasteiger partial charge is 0.388 e. The number of carbonyl (C=O) groups excluding carboxylic acids is 1. The second kappa shape index (κ2) is 6.16. The average Bonchev–Trinajstić information content (AvgIpc) is 2.42. The number of nitrogens with one attached hydrogen (secondary N) is 2. The van der Waals surface area contributed by atoms with Gasteiger partial charge in [0.05, 0.1) is 15.7 Å². The molecule has 5 heteroatoms. The van der Waals surface area contributed by atoms with Gasteiger partial charge in [-0.3, -0.25) is 4.79 Å². The SMILES string of the molecule is CNc1ccc(C(=O)Nc2c(Cl)cccc2Cl)c(C)c1. The van der Waals surface area contributed by atoms with Crippen molar-refractivity contribution >= 4 is 40.5 Å². The number of anilines is 2. The molecule has 104 valence electrons. The molecule has 0 aliphatic carbocycles. The van der Waals surface area contributed by atoms with Crippen LogP contribution in [0.2, 0.25) is 10.0 Å². The molecule has 0 aromatic heterocycles. The molecule has 20 heavy (non-hydrogen) atoms. The zero-order valence-electron chi connectivity index (χ0n) is 11.1. The molecular formula is C15H14Cl2N2O. The van der Waals surface area contributed by atoms with Crippen LogP contribution in [0.5, 0.6) is 0 Å². The monoisotopic (exact) mass is 308 g/mol. The lowest BCUT2D eigenvalue weighted by atomic mass is 10.1. The maximum atomic E-state index is 12.3. The molecule has 0 aliphatic rings. The van der Waals surface area contributed by atoms with Gasteiger partial charge in [-0.2, -0.15) is 0 Å². The second-order valence-corrected chi connectivity index (χ2v) is 5.14. The first-order valence-electron chi connectivity index (χ1n) is 6.06. The van der Waals surface area contributed by atoms with E-state index in [4.69, 9.17) is 23.2 Å². The maximum absolute atomic E-state index is 12.3. The summed E-state index contributed by atoms with van der Waals surface area (Å²) in [6.45, 7) is 1.88. The molecule has 0 fully saturated rings. The fraction of sp³-hybridized carbons (Fsp3) is 0.133. The van der Waals surface area contributed by atoms with Crippen molar-refractivity contribution in [2.75, 3.05) is 17.7 Å². The van der Waals surface area contributed by atoms with Gasteiger partial charge in [-0.15, -0.1) is 0 Å². The van der Waals surface area contributed by atoms with E-state index in [1.165, 1.54) is 0 Å². The van der Waals surface area contributed by atoms with Crippen molar-refractivity contribution in [1.29, 1.82) is 0 Å². The minimum atomic E-state index is -0.236. The van der Waals surface area contributed by atoms with Crippen LogP contribution in [0, 0.1) is 6.92 Å². The first-order valence-corrected chi connectivity index (χ1v) is 6.82. The lowest BCUT2D eigenvalue weighted by Crippen LogP contribution is -2.14. The second-order valence-electron chi connectivity index (χ2n) is 4.33. The summed E-state index contributed by atoms with van der Waals surface area (Å²) in [7, 11) is 1.83. The van der Waals surface area contributed by atoms with Crippen LogP contribution >= 0.6 is 23.2 Å². The summed E-state index contributed by atoms with van der Waals surface area (Å²) in [6.07, 6.45) is 0. The Hall–Kier alpha value is -1.71. The highest BCUT2D eigenvalue weighted by Crippen LogP contribution is 2.30. The first-order chi connectivity index (χ1) is 9.52. The Morgan fingerprint density at radius 1 is 1.10 bits per heavy atom. The van der Waals surface area contributed by atoms with Gasteiger partial charge in [0.25, 0.3) is 5.91 Å². The summed E-state index contributed by atoms with van der Waals surface area (Å²) >= 11 is 12.1. The highest BCUT2D eigenvalue weighted by molar-refractivity contribution is 6.40.